The summed E-state index contributed by atoms with van der Waals surface area (Å²) in [6.45, 7) is 2.92. The molecular formula is C26H31N7O. The number of anilines is 1. The smallest absolute Gasteiger partial charge is 0.141 e. The van der Waals surface area contributed by atoms with E-state index in [1.807, 2.05) is 42.6 Å². The zero-order valence-electron chi connectivity index (χ0n) is 19.8. The second-order valence-corrected chi connectivity index (χ2v) is 9.52. The summed E-state index contributed by atoms with van der Waals surface area (Å²) in [5, 5.41) is 13.9. The van der Waals surface area contributed by atoms with Crippen molar-refractivity contribution in [2.45, 2.75) is 63.5 Å². The van der Waals surface area contributed by atoms with Crippen LogP contribution in [0.25, 0.3) is 22.2 Å². The molecule has 0 spiro atoms. The third-order valence-electron chi connectivity index (χ3n) is 6.98. The third kappa shape index (κ3) is 4.02. The maximum absolute atomic E-state index is 6.46. The van der Waals surface area contributed by atoms with E-state index in [-0.39, 0.29) is 6.10 Å². The number of fused-ring (bicyclic) bond motifs is 1. The van der Waals surface area contributed by atoms with Gasteiger partial charge in [0.05, 0.1) is 29.6 Å². The minimum atomic E-state index is 0.233. The molecule has 2 aliphatic rings. The molecule has 4 aromatic heterocycles. The van der Waals surface area contributed by atoms with Crippen LogP contribution in [0.3, 0.4) is 0 Å². The molecule has 0 saturated heterocycles. The Morgan fingerprint density at radius 1 is 1.09 bits per heavy atom. The summed E-state index contributed by atoms with van der Waals surface area (Å²) < 4.78 is 10.5. The van der Waals surface area contributed by atoms with E-state index in [1.165, 1.54) is 12.8 Å². The molecule has 4 heterocycles. The van der Waals surface area contributed by atoms with E-state index in [4.69, 9.17) is 9.84 Å². The molecule has 8 nitrogen and oxygen atoms in total. The number of aryl methyl sites for hydroxylation is 1. The predicted molar refractivity (Wildman–Crippen MR) is 132 cm³/mol. The van der Waals surface area contributed by atoms with Crippen LogP contribution in [0.15, 0.2) is 43.0 Å². The molecule has 4 aromatic rings. The van der Waals surface area contributed by atoms with E-state index in [0.717, 1.165) is 71.6 Å². The summed E-state index contributed by atoms with van der Waals surface area (Å²) >= 11 is 0. The number of nitrogens with one attached hydrogen (secondary N) is 1. The molecule has 1 N–H and O–H groups in total. The van der Waals surface area contributed by atoms with Gasteiger partial charge in [-0.2, -0.15) is 10.2 Å². The first kappa shape index (κ1) is 21.1. The van der Waals surface area contributed by atoms with E-state index in [0.29, 0.717) is 12.0 Å². The van der Waals surface area contributed by atoms with Crippen LogP contribution >= 0.6 is 0 Å². The van der Waals surface area contributed by atoms with E-state index in [2.05, 4.69) is 44.1 Å². The van der Waals surface area contributed by atoms with Crippen molar-refractivity contribution in [2.24, 2.45) is 7.05 Å². The average Bonchev–Trinajstić information content (AvgIpc) is 3.51. The van der Waals surface area contributed by atoms with Gasteiger partial charge < -0.3 is 10.1 Å². The van der Waals surface area contributed by atoms with Gasteiger partial charge in [-0.3, -0.25) is 14.3 Å². The molecule has 6 rings (SSSR count). The van der Waals surface area contributed by atoms with Crippen LogP contribution < -0.4 is 10.1 Å². The Morgan fingerprint density at radius 3 is 2.68 bits per heavy atom. The lowest BCUT2D eigenvalue weighted by molar-refractivity contribution is 0.129. The van der Waals surface area contributed by atoms with Crippen LogP contribution in [0.5, 0.6) is 5.75 Å². The van der Waals surface area contributed by atoms with Gasteiger partial charge in [0.1, 0.15) is 17.3 Å². The maximum atomic E-state index is 6.46. The fraction of sp³-hybridized carbons (Fsp3) is 0.462. The van der Waals surface area contributed by atoms with Gasteiger partial charge in [0, 0.05) is 55.1 Å². The first-order valence-electron chi connectivity index (χ1n) is 12.4. The summed E-state index contributed by atoms with van der Waals surface area (Å²) in [5.74, 6) is 2.46. The molecule has 176 valence electrons. The normalized spacial score (nSPS) is 20.5. The number of ether oxygens (including phenoxy) is 1. The maximum Gasteiger partial charge on any atom is 0.141 e. The van der Waals surface area contributed by atoms with Crippen LogP contribution in [0.4, 0.5) is 5.82 Å². The van der Waals surface area contributed by atoms with Crippen molar-refractivity contribution in [3.8, 4) is 17.0 Å². The van der Waals surface area contributed by atoms with E-state index in [1.54, 1.807) is 0 Å². The molecule has 34 heavy (non-hydrogen) atoms. The van der Waals surface area contributed by atoms with Gasteiger partial charge in [-0.1, -0.05) is 0 Å². The highest BCUT2D eigenvalue weighted by Gasteiger charge is 2.31. The molecule has 0 amide bonds. The van der Waals surface area contributed by atoms with Crippen LogP contribution in [-0.2, 0) is 7.05 Å². The summed E-state index contributed by atoms with van der Waals surface area (Å²) in [5.41, 5.74) is 4.23. The largest absolute Gasteiger partial charge is 0.489 e. The lowest BCUT2D eigenvalue weighted by Crippen LogP contribution is -2.26. The van der Waals surface area contributed by atoms with Gasteiger partial charge in [-0.25, -0.2) is 4.98 Å². The minimum Gasteiger partial charge on any atom is -0.489 e. The molecule has 0 radical (unpaired) electrons. The summed E-state index contributed by atoms with van der Waals surface area (Å²) in [4.78, 5) is 9.22. The SMILES string of the molecule is CCNc1cc2c(cn1)c(-c1cnn(C)c1)nn2[C@H]1CC[C@@H](Oc2cccnc2C2CC2)CC1. The van der Waals surface area contributed by atoms with Crippen molar-refractivity contribution in [3.05, 3.63) is 48.7 Å². The lowest BCUT2D eigenvalue weighted by Gasteiger charge is -2.30. The monoisotopic (exact) mass is 457 g/mol. The zero-order chi connectivity index (χ0) is 23.1. The highest BCUT2D eigenvalue weighted by Crippen LogP contribution is 2.44. The van der Waals surface area contributed by atoms with E-state index >= 15 is 0 Å². The summed E-state index contributed by atoms with van der Waals surface area (Å²) in [6, 6.07) is 6.54. The highest BCUT2D eigenvalue weighted by atomic mass is 16.5. The second-order valence-electron chi connectivity index (χ2n) is 9.52. The van der Waals surface area contributed by atoms with E-state index < -0.39 is 0 Å². The molecule has 2 aliphatic carbocycles. The predicted octanol–water partition coefficient (Wildman–Crippen LogP) is 5.10. The Labute approximate surface area is 199 Å². The zero-order valence-corrected chi connectivity index (χ0v) is 19.8. The number of pyridine rings is 2. The van der Waals surface area contributed by atoms with Crippen molar-refractivity contribution in [1.29, 1.82) is 0 Å². The Balaban J connectivity index is 1.25. The Bertz CT molecular complexity index is 1300. The Hall–Kier alpha value is -3.42. The first-order chi connectivity index (χ1) is 16.7. The van der Waals surface area contributed by atoms with Crippen LogP contribution in [0.2, 0.25) is 0 Å². The van der Waals surface area contributed by atoms with Crippen molar-refractivity contribution in [2.75, 3.05) is 11.9 Å². The quantitative estimate of drug-likeness (QED) is 0.416. The first-order valence-corrected chi connectivity index (χ1v) is 12.4. The number of nitrogens with zero attached hydrogens (tertiary/aromatic N) is 6. The molecular weight excluding hydrogens is 426 g/mol. The van der Waals surface area contributed by atoms with Crippen molar-refractivity contribution in [3.63, 3.8) is 0 Å². The van der Waals surface area contributed by atoms with Gasteiger partial charge in [-0.15, -0.1) is 0 Å². The topological polar surface area (TPSA) is 82.7 Å². The molecule has 0 aliphatic heterocycles. The van der Waals surface area contributed by atoms with Gasteiger partial charge in [-0.05, 0) is 57.6 Å². The molecule has 0 unspecified atom stereocenters. The van der Waals surface area contributed by atoms with Crippen LogP contribution in [0, 0.1) is 0 Å². The standard InChI is InChI=1S/C26H31N7O/c1-3-27-24-13-22-21(15-29-24)25(18-14-30-32(2)16-18)31-33(22)19-8-10-20(11-9-19)34-23-5-4-12-28-26(23)17-6-7-17/h4-5,12-17,19-20H,3,6-11H2,1-2H3,(H,27,29)/t19-,20+. The molecule has 8 heteroatoms. The van der Waals surface area contributed by atoms with Crippen LogP contribution in [0.1, 0.15) is 63.1 Å². The Kier molecular flexibility index (Phi) is 5.43. The fourth-order valence-electron chi connectivity index (χ4n) is 5.10. The molecule has 2 saturated carbocycles. The number of aromatic nitrogens is 6. The van der Waals surface area contributed by atoms with E-state index in [9.17, 15) is 0 Å². The summed E-state index contributed by atoms with van der Waals surface area (Å²) in [7, 11) is 1.93. The fourth-order valence-corrected chi connectivity index (χ4v) is 5.10. The second kappa shape index (κ2) is 8.74. The number of hydrogen-bond acceptors (Lipinski definition) is 6. The minimum absolute atomic E-state index is 0.233. The van der Waals surface area contributed by atoms with Crippen molar-refractivity contribution in [1.82, 2.24) is 29.5 Å². The van der Waals surface area contributed by atoms with Gasteiger partial charge in [0.25, 0.3) is 0 Å². The average molecular weight is 458 g/mol. The summed E-state index contributed by atoms with van der Waals surface area (Å²) in [6.07, 6.45) is 14.5. The lowest BCUT2D eigenvalue weighted by atomic mass is 9.93. The van der Waals surface area contributed by atoms with Gasteiger partial charge in [0.15, 0.2) is 0 Å². The van der Waals surface area contributed by atoms with Crippen LogP contribution in [-0.4, -0.2) is 42.2 Å². The molecule has 0 atom stereocenters. The van der Waals surface area contributed by atoms with Crippen molar-refractivity contribution < 1.29 is 4.74 Å². The van der Waals surface area contributed by atoms with Crippen molar-refractivity contribution >= 4 is 16.7 Å². The molecule has 0 bridgehead atoms. The number of rotatable bonds is 7. The van der Waals surface area contributed by atoms with Gasteiger partial charge in [0.2, 0.25) is 0 Å². The third-order valence-corrected chi connectivity index (χ3v) is 6.98. The highest BCUT2D eigenvalue weighted by molar-refractivity contribution is 5.93. The molecule has 0 aromatic carbocycles. The molecule has 2 fully saturated rings. The Morgan fingerprint density at radius 2 is 1.94 bits per heavy atom. The number of hydrogen-bond donors (Lipinski definition) is 1. The van der Waals surface area contributed by atoms with Gasteiger partial charge >= 0.3 is 0 Å².